The smallest absolute Gasteiger partial charge is 0.315 e. The Morgan fingerprint density at radius 1 is 1.00 bits per heavy atom. The number of aromatic amines is 1. The van der Waals surface area contributed by atoms with Crippen molar-refractivity contribution in [3.8, 4) is 5.75 Å². The van der Waals surface area contributed by atoms with Gasteiger partial charge in [-0.25, -0.2) is 9.78 Å². The van der Waals surface area contributed by atoms with Gasteiger partial charge in [-0.3, -0.25) is 0 Å². The first kappa shape index (κ1) is 23.3. The molecule has 0 aliphatic carbocycles. The molecule has 0 radical (unpaired) electrons. The summed E-state index contributed by atoms with van der Waals surface area (Å²) in [6.45, 7) is 1.27. The molecule has 0 unspecified atom stereocenters. The van der Waals surface area contributed by atoms with Crippen LogP contribution >= 0.6 is 0 Å². The first-order valence-electron chi connectivity index (χ1n) is 11.4. The van der Waals surface area contributed by atoms with Crippen molar-refractivity contribution in [1.29, 1.82) is 0 Å². The number of aromatic nitrogens is 2. The maximum Gasteiger partial charge on any atom is 0.315 e. The molecule has 0 spiro atoms. The van der Waals surface area contributed by atoms with Crippen LogP contribution in [-0.2, 0) is 19.5 Å². The van der Waals surface area contributed by atoms with Gasteiger partial charge in [0.05, 0.1) is 24.2 Å². The lowest BCUT2D eigenvalue weighted by Crippen LogP contribution is -2.39. The summed E-state index contributed by atoms with van der Waals surface area (Å²) in [5.41, 5.74) is 5.18. The number of nitrogens with zero attached hydrogens (tertiary/aromatic N) is 2. The molecule has 0 aliphatic heterocycles. The van der Waals surface area contributed by atoms with Gasteiger partial charge >= 0.3 is 6.03 Å². The highest BCUT2D eigenvalue weighted by Gasteiger charge is 2.19. The van der Waals surface area contributed by atoms with Crippen LogP contribution in [0.3, 0.4) is 0 Å². The van der Waals surface area contributed by atoms with E-state index >= 15 is 0 Å². The molecule has 1 atom stereocenters. The van der Waals surface area contributed by atoms with E-state index in [9.17, 15) is 4.79 Å². The number of hydrogen-bond acceptors (Lipinski definition) is 4. The summed E-state index contributed by atoms with van der Waals surface area (Å²) in [5, 5.41) is 6.14. The highest BCUT2D eigenvalue weighted by molar-refractivity contribution is 5.76. The molecule has 3 aromatic carbocycles. The molecule has 3 N–H and O–H groups in total. The Bertz CT molecular complexity index is 1200. The fourth-order valence-electron chi connectivity index (χ4n) is 3.96. The molecule has 0 aliphatic rings. The summed E-state index contributed by atoms with van der Waals surface area (Å²) >= 11 is 0. The maximum atomic E-state index is 12.9. The Morgan fingerprint density at radius 3 is 2.41 bits per heavy atom. The van der Waals surface area contributed by atoms with E-state index in [2.05, 4.69) is 26.6 Å². The number of carbonyl (C=O) groups is 1. The maximum absolute atomic E-state index is 12.9. The van der Waals surface area contributed by atoms with Gasteiger partial charge in [0.25, 0.3) is 0 Å². The number of para-hydroxylation sites is 2. The summed E-state index contributed by atoms with van der Waals surface area (Å²) in [6, 6.07) is 23.3. The number of nitrogens with one attached hydrogen (secondary N) is 3. The monoisotopic (exact) mass is 457 g/mol. The van der Waals surface area contributed by atoms with Crippen LogP contribution in [0.25, 0.3) is 11.0 Å². The van der Waals surface area contributed by atoms with Crippen LogP contribution in [0.2, 0.25) is 0 Å². The van der Waals surface area contributed by atoms with Gasteiger partial charge in [-0.15, -0.1) is 0 Å². The van der Waals surface area contributed by atoms with Crippen molar-refractivity contribution in [3.63, 3.8) is 0 Å². The van der Waals surface area contributed by atoms with E-state index in [1.54, 1.807) is 7.11 Å². The zero-order chi connectivity index (χ0) is 23.9. The molecular weight excluding hydrogens is 426 g/mol. The molecule has 4 aromatic rings. The minimum atomic E-state index is -0.321. The normalized spacial score (nSPS) is 12.0. The van der Waals surface area contributed by atoms with Gasteiger partial charge in [0.1, 0.15) is 11.6 Å². The molecule has 0 bridgehead atoms. The topological polar surface area (TPSA) is 82.3 Å². The Labute approximate surface area is 200 Å². The van der Waals surface area contributed by atoms with Crippen molar-refractivity contribution < 1.29 is 9.53 Å². The number of benzene rings is 3. The molecule has 0 saturated heterocycles. The van der Waals surface area contributed by atoms with Crippen LogP contribution in [0.1, 0.15) is 28.6 Å². The molecule has 7 nitrogen and oxygen atoms in total. The standard InChI is InChI=1S/C27H31N5O2/c1-32(2)18-21-9-5-4-8-20(21)17-28-27(33)31-25(16-19-12-14-22(34-3)15-13-19)26-29-23-10-6-7-11-24(23)30-26/h4-15,25H,16-18H2,1-3H3,(H,29,30)(H2,28,31,33)/t25-/m1/s1. The largest absolute Gasteiger partial charge is 0.497 e. The Hall–Kier alpha value is -3.84. The number of urea groups is 1. The third kappa shape index (κ3) is 5.94. The van der Waals surface area contributed by atoms with E-state index in [0.29, 0.717) is 13.0 Å². The first-order chi connectivity index (χ1) is 16.5. The number of rotatable bonds is 9. The van der Waals surface area contributed by atoms with E-state index in [1.165, 1.54) is 5.56 Å². The molecular formula is C27H31N5O2. The quantitative estimate of drug-likeness (QED) is 0.348. The predicted octanol–water partition coefficient (Wildman–Crippen LogP) is 4.42. The van der Waals surface area contributed by atoms with Crippen molar-refractivity contribution in [1.82, 2.24) is 25.5 Å². The van der Waals surface area contributed by atoms with E-state index in [1.807, 2.05) is 80.8 Å². The van der Waals surface area contributed by atoms with Crippen molar-refractivity contribution in [2.24, 2.45) is 0 Å². The summed E-state index contributed by atoms with van der Waals surface area (Å²) < 4.78 is 5.27. The molecule has 0 saturated carbocycles. The third-order valence-electron chi connectivity index (χ3n) is 5.69. The lowest BCUT2D eigenvalue weighted by Gasteiger charge is -2.19. The van der Waals surface area contributed by atoms with E-state index < -0.39 is 0 Å². The average molecular weight is 458 g/mol. The van der Waals surface area contributed by atoms with Crippen LogP contribution in [-0.4, -0.2) is 42.1 Å². The highest BCUT2D eigenvalue weighted by atomic mass is 16.5. The number of fused-ring (bicyclic) bond motifs is 1. The number of H-pyrrole nitrogens is 1. The number of ether oxygens (including phenoxy) is 1. The van der Waals surface area contributed by atoms with E-state index in [4.69, 9.17) is 9.72 Å². The van der Waals surface area contributed by atoms with Crippen molar-refractivity contribution in [2.45, 2.75) is 25.6 Å². The zero-order valence-corrected chi connectivity index (χ0v) is 19.8. The van der Waals surface area contributed by atoms with Gasteiger partial charge in [0, 0.05) is 13.1 Å². The van der Waals surface area contributed by atoms with E-state index in [-0.39, 0.29) is 12.1 Å². The lowest BCUT2D eigenvalue weighted by atomic mass is 10.1. The molecule has 1 aromatic heterocycles. The minimum absolute atomic E-state index is 0.237. The Kier molecular flexibility index (Phi) is 7.44. The van der Waals surface area contributed by atoms with Crippen LogP contribution in [0.5, 0.6) is 5.75 Å². The Balaban J connectivity index is 1.50. The van der Waals surface area contributed by atoms with Crippen LogP contribution in [0.4, 0.5) is 4.79 Å². The second-order valence-corrected chi connectivity index (χ2v) is 8.58. The third-order valence-corrected chi connectivity index (χ3v) is 5.69. The average Bonchev–Trinajstić information content (AvgIpc) is 3.28. The lowest BCUT2D eigenvalue weighted by molar-refractivity contribution is 0.236. The SMILES string of the molecule is COc1ccc(C[C@@H](NC(=O)NCc2ccccc2CN(C)C)c2nc3ccccc3[nH]2)cc1. The number of methoxy groups -OCH3 is 1. The fourth-order valence-corrected chi connectivity index (χ4v) is 3.96. The first-order valence-corrected chi connectivity index (χ1v) is 11.4. The number of hydrogen-bond donors (Lipinski definition) is 3. The summed E-state index contributed by atoms with van der Waals surface area (Å²) in [4.78, 5) is 23.2. The molecule has 2 amide bonds. The predicted molar refractivity (Wildman–Crippen MR) is 135 cm³/mol. The second-order valence-electron chi connectivity index (χ2n) is 8.58. The van der Waals surface area contributed by atoms with Crippen LogP contribution in [0, 0.1) is 0 Å². The van der Waals surface area contributed by atoms with Gasteiger partial charge in [0.15, 0.2) is 0 Å². The summed E-state index contributed by atoms with van der Waals surface area (Å²) in [6.07, 6.45) is 0.592. The highest BCUT2D eigenvalue weighted by Crippen LogP contribution is 2.21. The zero-order valence-electron chi connectivity index (χ0n) is 19.8. The van der Waals surface area contributed by atoms with Gasteiger partial charge in [-0.2, -0.15) is 0 Å². The minimum Gasteiger partial charge on any atom is -0.497 e. The number of imidazole rings is 1. The van der Waals surface area contributed by atoms with Crippen LogP contribution < -0.4 is 15.4 Å². The van der Waals surface area contributed by atoms with Gasteiger partial charge in [-0.05, 0) is 61.5 Å². The van der Waals surface area contributed by atoms with Gasteiger partial charge < -0.3 is 25.3 Å². The molecule has 7 heteroatoms. The summed E-state index contributed by atoms with van der Waals surface area (Å²) in [5.74, 6) is 1.52. The van der Waals surface area contributed by atoms with Crippen LogP contribution in [0.15, 0.2) is 72.8 Å². The molecule has 1 heterocycles. The molecule has 0 fully saturated rings. The number of carbonyl (C=O) groups excluding carboxylic acids is 1. The summed E-state index contributed by atoms with van der Waals surface area (Å²) in [7, 11) is 5.72. The van der Waals surface area contributed by atoms with Gasteiger partial charge in [-0.1, -0.05) is 48.5 Å². The molecule has 34 heavy (non-hydrogen) atoms. The Morgan fingerprint density at radius 2 is 1.71 bits per heavy atom. The molecule has 176 valence electrons. The molecule has 4 rings (SSSR count). The van der Waals surface area contributed by atoms with Crippen molar-refractivity contribution in [2.75, 3.05) is 21.2 Å². The van der Waals surface area contributed by atoms with E-state index in [0.717, 1.165) is 40.3 Å². The fraction of sp³-hybridized carbons (Fsp3) is 0.259. The van der Waals surface area contributed by atoms with Crippen molar-refractivity contribution in [3.05, 3.63) is 95.3 Å². The van der Waals surface area contributed by atoms with Crippen molar-refractivity contribution >= 4 is 17.1 Å². The van der Waals surface area contributed by atoms with Gasteiger partial charge in [0.2, 0.25) is 0 Å². The second kappa shape index (κ2) is 10.9. The number of amides is 2.